The molecule has 2 rings (SSSR count). The molecule has 0 spiro atoms. The maximum Gasteiger partial charge on any atom is 0.341 e. The van der Waals surface area contributed by atoms with Gasteiger partial charge < -0.3 is 19.9 Å². The molecule has 120 valence electrons. The zero-order chi connectivity index (χ0) is 16.8. The molecule has 0 fully saturated rings. The van der Waals surface area contributed by atoms with Gasteiger partial charge in [0.1, 0.15) is 17.9 Å². The maximum absolute atomic E-state index is 11.9. The Morgan fingerprint density at radius 3 is 2.83 bits per heavy atom. The smallest absolute Gasteiger partial charge is 0.341 e. The molecule has 0 saturated heterocycles. The Bertz CT molecular complexity index is 736. The number of halogens is 1. The van der Waals surface area contributed by atoms with Gasteiger partial charge in [-0.25, -0.2) is 14.6 Å². The van der Waals surface area contributed by atoms with Crippen LogP contribution in [0.25, 0.3) is 0 Å². The fourth-order valence-corrected chi connectivity index (χ4v) is 1.94. The zero-order valence-corrected chi connectivity index (χ0v) is 12.8. The molecule has 8 heteroatoms. The number of hydrogen-bond acceptors (Lipinski definition) is 6. The molecule has 1 aromatic heterocycles. The number of carboxylic acid groups (broad SMARTS) is 1. The lowest BCUT2D eigenvalue weighted by molar-refractivity contribution is -0.132. The molecule has 0 radical (unpaired) electrons. The molecule has 0 saturated carbocycles. The molecular weight excluding hydrogens is 324 g/mol. The van der Waals surface area contributed by atoms with Crippen molar-refractivity contribution in [2.45, 2.75) is 0 Å². The van der Waals surface area contributed by atoms with Crippen LogP contribution in [0, 0.1) is 0 Å². The normalized spacial score (nSPS) is 10.0. The fraction of sp³-hybridized carbons (Fsp3) is 0.133. The van der Waals surface area contributed by atoms with E-state index >= 15 is 0 Å². The highest BCUT2D eigenvalue weighted by Crippen LogP contribution is 2.27. The van der Waals surface area contributed by atoms with Crippen molar-refractivity contribution in [2.24, 2.45) is 0 Å². The third-order valence-corrected chi connectivity index (χ3v) is 3.03. The van der Waals surface area contributed by atoms with E-state index in [1.54, 1.807) is 18.2 Å². The van der Waals surface area contributed by atoms with E-state index in [-0.39, 0.29) is 18.0 Å². The van der Waals surface area contributed by atoms with E-state index < -0.39 is 11.9 Å². The molecule has 2 N–H and O–H groups in total. The molecule has 0 atom stereocenters. The third kappa shape index (κ3) is 4.33. The molecule has 7 nitrogen and oxygen atoms in total. The third-order valence-electron chi connectivity index (χ3n) is 2.80. The molecule has 2 aromatic rings. The minimum Gasteiger partial charge on any atom is -0.495 e. The number of ether oxygens (including phenoxy) is 2. The van der Waals surface area contributed by atoms with Gasteiger partial charge in [-0.15, -0.1) is 0 Å². The van der Waals surface area contributed by atoms with Crippen LogP contribution in [0.15, 0.2) is 36.5 Å². The van der Waals surface area contributed by atoms with Crippen LogP contribution in [0.1, 0.15) is 10.4 Å². The van der Waals surface area contributed by atoms with Crippen molar-refractivity contribution in [1.82, 2.24) is 4.98 Å². The Morgan fingerprint density at radius 2 is 2.13 bits per heavy atom. The second-order valence-electron chi connectivity index (χ2n) is 4.33. The number of benzene rings is 1. The number of aromatic carboxylic acids is 1. The molecule has 0 amide bonds. The average molecular weight is 337 g/mol. The van der Waals surface area contributed by atoms with Gasteiger partial charge in [0.05, 0.1) is 12.8 Å². The number of carboxylic acids is 1. The fourth-order valence-electron chi connectivity index (χ4n) is 1.76. The molecule has 0 bridgehead atoms. The van der Waals surface area contributed by atoms with Gasteiger partial charge in [0.15, 0.2) is 0 Å². The van der Waals surface area contributed by atoms with Gasteiger partial charge in [-0.3, -0.25) is 0 Å². The van der Waals surface area contributed by atoms with Crippen molar-refractivity contribution in [3.05, 3.63) is 47.1 Å². The number of rotatable bonds is 6. The summed E-state index contributed by atoms with van der Waals surface area (Å²) < 4.78 is 10.1. The molecular formula is C15H13ClN2O5. The van der Waals surface area contributed by atoms with Crippen LogP contribution >= 0.6 is 11.6 Å². The average Bonchev–Trinajstić information content (AvgIpc) is 2.53. The SMILES string of the molecule is COc1ccc(Cl)cc1NCC(=O)Oc1ncccc1C(=O)O. The molecule has 23 heavy (non-hydrogen) atoms. The number of carbonyl (C=O) groups is 2. The summed E-state index contributed by atoms with van der Waals surface area (Å²) in [7, 11) is 1.49. The second kappa shape index (κ2) is 7.46. The van der Waals surface area contributed by atoms with E-state index in [1.807, 2.05) is 0 Å². The zero-order valence-electron chi connectivity index (χ0n) is 12.1. The van der Waals surface area contributed by atoms with Crippen LogP contribution in [-0.4, -0.2) is 35.7 Å². The van der Waals surface area contributed by atoms with E-state index in [9.17, 15) is 9.59 Å². The summed E-state index contributed by atoms with van der Waals surface area (Å²) in [5.74, 6) is -1.69. The number of aromatic nitrogens is 1. The Labute approximate surface area is 136 Å². The van der Waals surface area contributed by atoms with Crippen LogP contribution in [0.5, 0.6) is 11.6 Å². The lowest BCUT2D eigenvalue weighted by atomic mass is 10.3. The first kappa shape index (κ1) is 16.6. The summed E-state index contributed by atoms with van der Waals surface area (Å²) in [6.07, 6.45) is 1.34. The van der Waals surface area contributed by atoms with E-state index in [4.69, 9.17) is 26.2 Å². The Morgan fingerprint density at radius 1 is 1.35 bits per heavy atom. The molecule has 0 aliphatic rings. The molecule has 1 heterocycles. The van der Waals surface area contributed by atoms with Crippen molar-refractivity contribution in [3.63, 3.8) is 0 Å². The number of methoxy groups -OCH3 is 1. The summed E-state index contributed by atoms with van der Waals surface area (Å²) in [4.78, 5) is 26.6. The number of pyridine rings is 1. The highest BCUT2D eigenvalue weighted by Gasteiger charge is 2.15. The van der Waals surface area contributed by atoms with Gasteiger partial charge in [0.25, 0.3) is 0 Å². The van der Waals surface area contributed by atoms with E-state index in [0.29, 0.717) is 16.5 Å². The number of nitrogens with one attached hydrogen (secondary N) is 1. The largest absolute Gasteiger partial charge is 0.495 e. The van der Waals surface area contributed by atoms with Gasteiger partial charge in [-0.2, -0.15) is 0 Å². The van der Waals surface area contributed by atoms with Crippen molar-refractivity contribution >= 4 is 29.2 Å². The maximum atomic E-state index is 11.9. The Hall–Kier alpha value is -2.80. The molecule has 0 aliphatic heterocycles. The van der Waals surface area contributed by atoms with Gasteiger partial charge in [0.2, 0.25) is 5.88 Å². The number of anilines is 1. The molecule has 1 aromatic carbocycles. The monoisotopic (exact) mass is 336 g/mol. The van der Waals surface area contributed by atoms with Gasteiger partial charge in [-0.1, -0.05) is 11.6 Å². The van der Waals surface area contributed by atoms with Crippen molar-refractivity contribution < 1.29 is 24.2 Å². The predicted octanol–water partition coefficient (Wildman–Crippen LogP) is 2.46. The standard InChI is InChI=1S/C15H13ClN2O5/c1-22-12-5-4-9(16)7-11(12)18-8-13(19)23-14-10(15(20)21)3-2-6-17-14/h2-7,18H,8H2,1H3,(H,20,21). The highest BCUT2D eigenvalue weighted by molar-refractivity contribution is 6.30. The number of nitrogens with zero attached hydrogens (tertiary/aromatic N) is 1. The summed E-state index contributed by atoms with van der Waals surface area (Å²) in [6, 6.07) is 7.63. The lowest BCUT2D eigenvalue weighted by Crippen LogP contribution is -2.21. The van der Waals surface area contributed by atoms with Crippen molar-refractivity contribution in [1.29, 1.82) is 0 Å². The quantitative estimate of drug-likeness (QED) is 0.782. The lowest BCUT2D eigenvalue weighted by Gasteiger charge is -2.11. The first-order valence-electron chi connectivity index (χ1n) is 6.47. The van der Waals surface area contributed by atoms with Crippen molar-refractivity contribution in [2.75, 3.05) is 19.0 Å². The van der Waals surface area contributed by atoms with Crippen LogP contribution in [0.2, 0.25) is 5.02 Å². The number of carbonyl (C=O) groups excluding carboxylic acids is 1. The van der Waals surface area contributed by atoms with E-state index in [2.05, 4.69) is 10.3 Å². The number of hydrogen-bond donors (Lipinski definition) is 2. The first-order valence-corrected chi connectivity index (χ1v) is 6.85. The highest BCUT2D eigenvalue weighted by atomic mass is 35.5. The van der Waals surface area contributed by atoms with Gasteiger partial charge in [-0.05, 0) is 30.3 Å². The summed E-state index contributed by atoms with van der Waals surface area (Å²) in [5, 5.41) is 12.3. The van der Waals surface area contributed by atoms with Crippen LogP contribution in [0.4, 0.5) is 5.69 Å². The summed E-state index contributed by atoms with van der Waals surface area (Å²) >= 11 is 5.89. The van der Waals surface area contributed by atoms with Crippen molar-refractivity contribution in [3.8, 4) is 11.6 Å². The Balaban J connectivity index is 2.04. The van der Waals surface area contributed by atoms with Crippen LogP contribution < -0.4 is 14.8 Å². The summed E-state index contributed by atoms with van der Waals surface area (Å²) in [5.41, 5.74) is 0.317. The minimum absolute atomic E-state index is 0.193. The topological polar surface area (TPSA) is 97.8 Å². The van der Waals surface area contributed by atoms with Crippen LogP contribution in [-0.2, 0) is 4.79 Å². The molecule has 0 aliphatic carbocycles. The number of esters is 1. The van der Waals surface area contributed by atoms with E-state index in [1.165, 1.54) is 25.4 Å². The van der Waals surface area contributed by atoms with Gasteiger partial charge in [0, 0.05) is 11.2 Å². The Kier molecular flexibility index (Phi) is 5.37. The second-order valence-corrected chi connectivity index (χ2v) is 4.77. The first-order chi connectivity index (χ1) is 11.0. The molecule has 0 unspecified atom stereocenters. The van der Waals surface area contributed by atoms with E-state index in [0.717, 1.165) is 0 Å². The minimum atomic E-state index is -1.23. The van der Waals surface area contributed by atoms with Crippen LogP contribution in [0.3, 0.4) is 0 Å². The predicted molar refractivity (Wildman–Crippen MR) is 83.3 cm³/mol. The summed E-state index contributed by atoms with van der Waals surface area (Å²) in [6.45, 7) is -0.216. The van der Waals surface area contributed by atoms with Gasteiger partial charge >= 0.3 is 11.9 Å².